The predicted molar refractivity (Wildman–Crippen MR) is 109 cm³/mol. The molecule has 4 rings (SSSR count). The van der Waals surface area contributed by atoms with E-state index in [4.69, 9.17) is 18.9 Å². The molecule has 0 spiro atoms. The second-order valence-electron chi connectivity index (χ2n) is 7.45. The van der Waals surface area contributed by atoms with Crippen LogP contribution in [-0.2, 0) is 13.0 Å². The minimum Gasteiger partial charge on any atom is -0.493 e. The minimum absolute atomic E-state index is 0.333. The summed E-state index contributed by atoms with van der Waals surface area (Å²) in [7, 11) is 6.83. The minimum atomic E-state index is 0.333. The maximum absolute atomic E-state index is 5.76. The van der Waals surface area contributed by atoms with E-state index in [0.717, 1.165) is 48.9 Å². The van der Waals surface area contributed by atoms with E-state index in [1.165, 1.54) is 22.3 Å². The summed E-state index contributed by atoms with van der Waals surface area (Å²) in [5.74, 6) is 3.68. The molecule has 2 aliphatic rings. The van der Waals surface area contributed by atoms with Gasteiger partial charge in [-0.15, -0.1) is 0 Å². The lowest BCUT2D eigenvalue weighted by Gasteiger charge is -2.46. The monoisotopic (exact) mass is 383 g/mol. The summed E-state index contributed by atoms with van der Waals surface area (Å²) < 4.78 is 22.4. The van der Waals surface area contributed by atoms with Crippen molar-refractivity contribution in [3.8, 4) is 23.0 Å². The van der Waals surface area contributed by atoms with Crippen molar-refractivity contribution < 1.29 is 18.9 Å². The number of nitrogens with zero attached hydrogens (tertiary/aromatic N) is 1. The fraction of sp³-hybridized carbons (Fsp3) is 0.478. The van der Waals surface area contributed by atoms with Crippen molar-refractivity contribution in [2.45, 2.75) is 38.3 Å². The zero-order valence-corrected chi connectivity index (χ0v) is 17.4. The van der Waals surface area contributed by atoms with Gasteiger partial charge in [-0.25, -0.2) is 0 Å². The normalized spacial score (nSPS) is 20.6. The Balaban J connectivity index is 1.86. The first-order chi connectivity index (χ1) is 13.7. The number of hydrogen-bond acceptors (Lipinski definition) is 5. The van der Waals surface area contributed by atoms with Crippen LogP contribution in [0, 0.1) is 0 Å². The first kappa shape index (κ1) is 18.9. The average molecular weight is 383 g/mol. The second-order valence-corrected chi connectivity index (χ2v) is 7.45. The third-order valence-corrected chi connectivity index (χ3v) is 6.29. The molecule has 2 aliphatic heterocycles. The van der Waals surface area contributed by atoms with E-state index >= 15 is 0 Å². The van der Waals surface area contributed by atoms with Crippen molar-refractivity contribution in [2.24, 2.45) is 0 Å². The van der Waals surface area contributed by atoms with E-state index < -0.39 is 0 Å². The van der Waals surface area contributed by atoms with Crippen molar-refractivity contribution in [3.05, 3.63) is 46.5 Å². The quantitative estimate of drug-likeness (QED) is 0.769. The molecule has 0 radical (unpaired) electrons. The molecule has 150 valence electrons. The van der Waals surface area contributed by atoms with Gasteiger partial charge in [-0.3, -0.25) is 4.90 Å². The Hall–Kier alpha value is -2.40. The van der Waals surface area contributed by atoms with Crippen LogP contribution in [0.1, 0.15) is 47.6 Å². The van der Waals surface area contributed by atoms with Crippen LogP contribution in [0.2, 0.25) is 0 Å². The molecule has 2 atom stereocenters. The largest absolute Gasteiger partial charge is 0.493 e. The fourth-order valence-electron chi connectivity index (χ4n) is 5.01. The molecule has 0 fully saturated rings. The molecule has 0 saturated carbocycles. The van der Waals surface area contributed by atoms with Gasteiger partial charge in [0, 0.05) is 30.6 Å². The van der Waals surface area contributed by atoms with E-state index in [2.05, 4.69) is 30.0 Å². The van der Waals surface area contributed by atoms with Crippen LogP contribution in [0.5, 0.6) is 23.0 Å². The summed E-state index contributed by atoms with van der Waals surface area (Å²) in [6.07, 6.45) is 2.06. The van der Waals surface area contributed by atoms with Crippen molar-refractivity contribution in [1.82, 2.24) is 4.90 Å². The van der Waals surface area contributed by atoms with Gasteiger partial charge in [0.25, 0.3) is 0 Å². The molecule has 28 heavy (non-hydrogen) atoms. The molecule has 0 aromatic heterocycles. The maximum atomic E-state index is 5.76. The highest BCUT2D eigenvalue weighted by molar-refractivity contribution is 5.56. The van der Waals surface area contributed by atoms with E-state index in [0.29, 0.717) is 12.0 Å². The Bertz CT molecular complexity index is 879. The average Bonchev–Trinajstić information content (AvgIpc) is 2.75. The van der Waals surface area contributed by atoms with E-state index in [1.54, 1.807) is 28.4 Å². The fourth-order valence-corrected chi connectivity index (χ4v) is 5.01. The number of benzene rings is 2. The zero-order chi connectivity index (χ0) is 19.8. The van der Waals surface area contributed by atoms with Gasteiger partial charge < -0.3 is 18.9 Å². The molecular weight excluding hydrogens is 354 g/mol. The molecule has 2 heterocycles. The molecule has 0 saturated heterocycles. The summed E-state index contributed by atoms with van der Waals surface area (Å²) in [6.45, 7) is 4.15. The molecule has 0 amide bonds. The highest BCUT2D eigenvalue weighted by atomic mass is 16.5. The maximum Gasteiger partial charge on any atom is 0.165 e. The van der Waals surface area contributed by atoms with E-state index in [1.807, 2.05) is 6.07 Å². The van der Waals surface area contributed by atoms with Crippen LogP contribution in [0.4, 0.5) is 0 Å². The Morgan fingerprint density at radius 2 is 1.61 bits per heavy atom. The third-order valence-electron chi connectivity index (χ3n) is 6.29. The molecule has 0 unspecified atom stereocenters. The van der Waals surface area contributed by atoms with Gasteiger partial charge >= 0.3 is 0 Å². The van der Waals surface area contributed by atoms with E-state index in [-0.39, 0.29) is 0 Å². The number of fused-ring (bicyclic) bond motifs is 4. The van der Waals surface area contributed by atoms with Crippen molar-refractivity contribution >= 4 is 0 Å². The topological polar surface area (TPSA) is 40.2 Å². The number of ether oxygens (including phenoxy) is 4. The van der Waals surface area contributed by atoms with Gasteiger partial charge in [0.1, 0.15) is 0 Å². The summed E-state index contributed by atoms with van der Waals surface area (Å²) in [5, 5.41) is 0. The highest BCUT2D eigenvalue weighted by Crippen LogP contribution is 2.52. The van der Waals surface area contributed by atoms with Gasteiger partial charge in [0.2, 0.25) is 0 Å². The second kappa shape index (κ2) is 7.55. The zero-order valence-electron chi connectivity index (χ0n) is 17.4. The Kier molecular flexibility index (Phi) is 5.11. The van der Waals surface area contributed by atoms with Crippen LogP contribution < -0.4 is 18.9 Å². The molecule has 0 aliphatic carbocycles. The van der Waals surface area contributed by atoms with Crippen LogP contribution >= 0.6 is 0 Å². The smallest absolute Gasteiger partial charge is 0.165 e. The molecular formula is C23H29NO4. The molecule has 2 aromatic rings. The van der Waals surface area contributed by atoms with E-state index in [9.17, 15) is 0 Å². The number of hydrogen-bond donors (Lipinski definition) is 0. The lowest BCUT2D eigenvalue weighted by Crippen LogP contribution is -2.41. The van der Waals surface area contributed by atoms with Crippen molar-refractivity contribution in [1.29, 1.82) is 0 Å². The lowest BCUT2D eigenvalue weighted by molar-refractivity contribution is 0.128. The van der Waals surface area contributed by atoms with Gasteiger partial charge in [0.05, 0.1) is 28.4 Å². The molecule has 0 bridgehead atoms. The van der Waals surface area contributed by atoms with Crippen LogP contribution in [0.3, 0.4) is 0 Å². The first-order valence-corrected chi connectivity index (χ1v) is 9.89. The first-order valence-electron chi connectivity index (χ1n) is 9.89. The predicted octanol–water partition coefficient (Wildman–Crippen LogP) is 4.33. The molecule has 5 heteroatoms. The van der Waals surface area contributed by atoms with Crippen molar-refractivity contribution in [3.63, 3.8) is 0 Å². The summed E-state index contributed by atoms with van der Waals surface area (Å²) in [6, 6.07) is 8.92. The highest BCUT2D eigenvalue weighted by Gasteiger charge is 2.40. The van der Waals surface area contributed by atoms with Crippen molar-refractivity contribution in [2.75, 3.05) is 35.0 Å². The Morgan fingerprint density at radius 1 is 0.893 bits per heavy atom. The van der Waals surface area contributed by atoms with Gasteiger partial charge in [-0.2, -0.15) is 0 Å². The Morgan fingerprint density at radius 3 is 2.25 bits per heavy atom. The standard InChI is InChI=1S/C23H29NO4/c1-6-15-16-7-8-19(25-2)23(28-5)18(16)13-24-10-9-14-11-20(26-3)21(27-4)12-17(14)22(15)24/h7-8,11-12,15,22H,6,9-10,13H2,1-5H3/t15-,22+/m1/s1. The summed E-state index contributed by atoms with van der Waals surface area (Å²) >= 11 is 0. The van der Waals surface area contributed by atoms with Gasteiger partial charge in [-0.05, 0) is 47.7 Å². The van der Waals surface area contributed by atoms with Crippen LogP contribution in [0.15, 0.2) is 24.3 Å². The molecule has 0 N–H and O–H groups in total. The van der Waals surface area contributed by atoms with Gasteiger partial charge in [0.15, 0.2) is 23.0 Å². The summed E-state index contributed by atoms with van der Waals surface area (Å²) in [5.41, 5.74) is 5.34. The van der Waals surface area contributed by atoms with Crippen LogP contribution in [0.25, 0.3) is 0 Å². The molecule has 5 nitrogen and oxygen atoms in total. The Labute approximate surface area is 167 Å². The third kappa shape index (κ3) is 2.80. The van der Waals surface area contributed by atoms with Gasteiger partial charge in [-0.1, -0.05) is 13.0 Å². The molecule has 2 aromatic carbocycles. The number of methoxy groups -OCH3 is 4. The lowest BCUT2D eigenvalue weighted by atomic mass is 9.75. The van der Waals surface area contributed by atoms with Crippen LogP contribution in [-0.4, -0.2) is 39.9 Å². The number of rotatable bonds is 5. The SMILES string of the molecule is CC[C@@H]1c2ccc(OC)c(OC)c2CN2CCc3cc(OC)c(OC)cc3[C@H]12. The summed E-state index contributed by atoms with van der Waals surface area (Å²) in [4.78, 5) is 2.58.